The minimum absolute atomic E-state index is 0.297. The Balaban J connectivity index is 2.01. The number of pyridine rings is 1. The molecule has 0 saturated heterocycles. The van der Waals surface area contributed by atoms with Crippen LogP contribution in [0.2, 0.25) is 0 Å². The van der Waals surface area contributed by atoms with E-state index in [1.165, 1.54) is 12.0 Å². The Kier molecular flexibility index (Phi) is 4.36. The van der Waals surface area contributed by atoms with Crippen LogP contribution < -0.4 is 5.73 Å². The van der Waals surface area contributed by atoms with E-state index >= 15 is 0 Å². The Morgan fingerprint density at radius 1 is 1.39 bits per heavy atom. The molecule has 1 aromatic rings. The van der Waals surface area contributed by atoms with Crippen LogP contribution >= 0.6 is 0 Å². The number of aromatic nitrogens is 1. The molecule has 1 aromatic heterocycles. The first kappa shape index (κ1) is 13.5. The highest BCUT2D eigenvalue weighted by Gasteiger charge is 2.34. The SMILES string of the molecule is CC1CC(C)C(N(C)Cc2cccnc2)C(N)C1. The van der Waals surface area contributed by atoms with Gasteiger partial charge < -0.3 is 5.73 Å². The fourth-order valence-corrected chi connectivity index (χ4v) is 3.54. The van der Waals surface area contributed by atoms with Crippen molar-refractivity contribution in [1.29, 1.82) is 0 Å². The quantitative estimate of drug-likeness (QED) is 0.891. The summed E-state index contributed by atoms with van der Waals surface area (Å²) in [6, 6.07) is 4.91. The molecule has 1 aliphatic rings. The number of rotatable bonds is 3. The molecule has 2 rings (SSSR count). The van der Waals surface area contributed by atoms with E-state index in [0.29, 0.717) is 18.0 Å². The first-order chi connectivity index (χ1) is 8.58. The number of nitrogens with two attached hydrogens (primary N) is 1. The highest BCUT2D eigenvalue weighted by molar-refractivity contribution is 5.08. The van der Waals surface area contributed by atoms with E-state index in [2.05, 4.69) is 36.8 Å². The lowest BCUT2D eigenvalue weighted by Crippen LogP contribution is -2.53. The van der Waals surface area contributed by atoms with Gasteiger partial charge in [0.2, 0.25) is 0 Å². The number of hydrogen-bond acceptors (Lipinski definition) is 3. The number of likely N-dealkylation sites (N-methyl/N-ethyl adjacent to an activating group) is 1. The van der Waals surface area contributed by atoms with Gasteiger partial charge in [0.15, 0.2) is 0 Å². The largest absolute Gasteiger partial charge is 0.326 e. The van der Waals surface area contributed by atoms with Crippen molar-refractivity contribution in [2.75, 3.05) is 7.05 Å². The van der Waals surface area contributed by atoms with Gasteiger partial charge in [-0.05, 0) is 43.4 Å². The molecule has 0 bridgehead atoms. The summed E-state index contributed by atoms with van der Waals surface area (Å²) in [6.45, 7) is 5.58. The molecule has 18 heavy (non-hydrogen) atoms. The summed E-state index contributed by atoms with van der Waals surface area (Å²) < 4.78 is 0. The molecular weight excluding hydrogens is 222 g/mol. The fourth-order valence-electron chi connectivity index (χ4n) is 3.54. The standard InChI is InChI=1S/C15H25N3/c1-11-7-12(2)15(14(16)8-11)18(3)10-13-5-4-6-17-9-13/h4-6,9,11-12,14-15H,7-8,10,16H2,1-3H3. The summed E-state index contributed by atoms with van der Waals surface area (Å²) in [4.78, 5) is 6.58. The number of hydrogen-bond donors (Lipinski definition) is 1. The van der Waals surface area contributed by atoms with Gasteiger partial charge in [-0.1, -0.05) is 19.9 Å². The van der Waals surface area contributed by atoms with Gasteiger partial charge in [0, 0.05) is 31.0 Å². The second-order valence-corrected chi connectivity index (χ2v) is 5.98. The molecule has 4 atom stereocenters. The predicted molar refractivity (Wildman–Crippen MR) is 75.0 cm³/mol. The monoisotopic (exact) mass is 247 g/mol. The summed E-state index contributed by atoms with van der Waals surface area (Å²) in [5.41, 5.74) is 7.62. The van der Waals surface area contributed by atoms with Crippen molar-refractivity contribution in [2.45, 2.75) is 45.3 Å². The number of nitrogens with zero attached hydrogens (tertiary/aromatic N) is 2. The Morgan fingerprint density at radius 2 is 2.17 bits per heavy atom. The third kappa shape index (κ3) is 3.09. The highest BCUT2D eigenvalue weighted by atomic mass is 15.2. The van der Waals surface area contributed by atoms with Gasteiger partial charge in [-0.25, -0.2) is 0 Å². The van der Waals surface area contributed by atoms with Crippen LogP contribution in [0.15, 0.2) is 24.5 Å². The summed E-state index contributed by atoms with van der Waals surface area (Å²) in [7, 11) is 2.18. The van der Waals surface area contributed by atoms with Crippen LogP contribution in [-0.4, -0.2) is 29.0 Å². The second kappa shape index (κ2) is 5.81. The molecule has 1 fully saturated rings. The van der Waals surface area contributed by atoms with E-state index in [9.17, 15) is 0 Å². The van der Waals surface area contributed by atoms with Crippen LogP contribution in [0.4, 0.5) is 0 Å². The maximum absolute atomic E-state index is 6.36. The minimum Gasteiger partial charge on any atom is -0.326 e. The summed E-state index contributed by atoms with van der Waals surface area (Å²) in [6.07, 6.45) is 6.19. The molecule has 2 N–H and O–H groups in total. The average Bonchev–Trinajstić information content (AvgIpc) is 2.28. The summed E-state index contributed by atoms with van der Waals surface area (Å²) >= 11 is 0. The van der Waals surface area contributed by atoms with Crippen molar-refractivity contribution in [3.05, 3.63) is 30.1 Å². The Bertz CT molecular complexity index is 353. The molecule has 1 aliphatic carbocycles. The van der Waals surface area contributed by atoms with E-state index in [0.717, 1.165) is 18.9 Å². The zero-order valence-electron chi connectivity index (χ0n) is 11.7. The molecule has 3 nitrogen and oxygen atoms in total. The molecule has 3 heteroatoms. The lowest BCUT2D eigenvalue weighted by Gasteiger charge is -2.43. The van der Waals surface area contributed by atoms with Crippen molar-refractivity contribution >= 4 is 0 Å². The minimum atomic E-state index is 0.297. The average molecular weight is 247 g/mol. The van der Waals surface area contributed by atoms with Crippen LogP contribution in [0, 0.1) is 11.8 Å². The van der Waals surface area contributed by atoms with Gasteiger partial charge in [0.05, 0.1) is 0 Å². The lowest BCUT2D eigenvalue weighted by atomic mass is 9.76. The fraction of sp³-hybridized carbons (Fsp3) is 0.667. The lowest BCUT2D eigenvalue weighted by molar-refractivity contribution is 0.0910. The van der Waals surface area contributed by atoms with Crippen molar-refractivity contribution < 1.29 is 0 Å². The van der Waals surface area contributed by atoms with Crippen LogP contribution in [0.3, 0.4) is 0 Å². The first-order valence-corrected chi connectivity index (χ1v) is 6.92. The first-order valence-electron chi connectivity index (χ1n) is 6.92. The Labute approximate surface area is 110 Å². The second-order valence-electron chi connectivity index (χ2n) is 5.98. The van der Waals surface area contributed by atoms with Gasteiger partial charge in [-0.15, -0.1) is 0 Å². The molecule has 4 unspecified atom stereocenters. The molecule has 0 aromatic carbocycles. The molecule has 0 amide bonds. The highest BCUT2D eigenvalue weighted by Crippen LogP contribution is 2.31. The normalized spacial score (nSPS) is 32.7. The van der Waals surface area contributed by atoms with Gasteiger partial charge in [-0.2, -0.15) is 0 Å². The molecule has 0 aliphatic heterocycles. The van der Waals surface area contributed by atoms with E-state index in [4.69, 9.17) is 5.73 Å². The third-order valence-corrected chi connectivity index (χ3v) is 4.13. The Morgan fingerprint density at radius 3 is 2.78 bits per heavy atom. The van der Waals surface area contributed by atoms with E-state index < -0.39 is 0 Å². The molecule has 1 heterocycles. The maximum Gasteiger partial charge on any atom is 0.0312 e. The molecule has 0 radical (unpaired) electrons. The van der Waals surface area contributed by atoms with Gasteiger partial charge in [0.25, 0.3) is 0 Å². The zero-order chi connectivity index (χ0) is 13.1. The van der Waals surface area contributed by atoms with Crippen molar-refractivity contribution in [3.63, 3.8) is 0 Å². The topological polar surface area (TPSA) is 42.2 Å². The Hall–Kier alpha value is -0.930. The van der Waals surface area contributed by atoms with Crippen LogP contribution in [0.5, 0.6) is 0 Å². The van der Waals surface area contributed by atoms with Crippen LogP contribution in [-0.2, 0) is 6.54 Å². The zero-order valence-corrected chi connectivity index (χ0v) is 11.7. The van der Waals surface area contributed by atoms with E-state index in [-0.39, 0.29) is 0 Å². The van der Waals surface area contributed by atoms with Gasteiger partial charge >= 0.3 is 0 Å². The van der Waals surface area contributed by atoms with Crippen molar-refractivity contribution in [3.8, 4) is 0 Å². The summed E-state index contributed by atoms with van der Waals surface area (Å²) in [5.74, 6) is 1.43. The summed E-state index contributed by atoms with van der Waals surface area (Å²) in [5, 5.41) is 0. The molecule has 1 saturated carbocycles. The van der Waals surface area contributed by atoms with Crippen molar-refractivity contribution in [1.82, 2.24) is 9.88 Å². The van der Waals surface area contributed by atoms with E-state index in [1.54, 1.807) is 0 Å². The molecule has 100 valence electrons. The van der Waals surface area contributed by atoms with E-state index in [1.807, 2.05) is 18.5 Å². The predicted octanol–water partition coefficient (Wildman–Crippen LogP) is 2.28. The maximum atomic E-state index is 6.36. The van der Waals surface area contributed by atoms with Gasteiger partial charge in [0.1, 0.15) is 0 Å². The molecule has 0 spiro atoms. The van der Waals surface area contributed by atoms with Crippen LogP contribution in [0.1, 0.15) is 32.3 Å². The van der Waals surface area contributed by atoms with Crippen LogP contribution in [0.25, 0.3) is 0 Å². The molecular formula is C15H25N3. The smallest absolute Gasteiger partial charge is 0.0312 e. The third-order valence-electron chi connectivity index (χ3n) is 4.13. The van der Waals surface area contributed by atoms with Crippen molar-refractivity contribution in [2.24, 2.45) is 17.6 Å². The van der Waals surface area contributed by atoms with Gasteiger partial charge in [-0.3, -0.25) is 9.88 Å².